The van der Waals surface area contributed by atoms with Crippen LogP contribution in [0.4, 0.5) is 11.6 Å². The Morgan fingerprint density at radius 1 is 1.40 bits per heavy atom. The molecule has 0 unspecified atom stereocenters. The van der Waals surface area contributed by atoms with Gasteiger partial charge in [-0.1, -0.05) is 0 Å². The molecule has 0 aliphatic carbocycles. The number of anilines is 2. The first-order valence-electron chi connectivity index (χ1n) is 7.38. The van der Waals surface area contributed by atoms with Crippen molar-refractivity contribution >= 4 is 22.7 Å². The molecule has 0 amide bonds. The first kappa shape index (κ1) is 13.2. The number of benzene rings is 1. The minimum atomic E-state index is 0.763. The average molecular weight is 273 g/mol. The van der Waals surface area contributed by atoms with Crippen LogP contribution in [0.2, 0.25) is 0 Å². The fourth-order valence-corrected chi connectivity index (χ4v) is 2.86. The van der Waals surface area contributed by atoms with Crippen molar-refractivity contribution in [3.8, 4) is 0 Å². The standard InChI is InChI=1S/C15H23N5/c1-20-8-5-11(6-9-20)4-7-17-15-18-13-3-2-12(16)10-14(13)19-15/h2-3,10-11H,4-9,16H2,1H3,(H2,17,18,19). The van der Waals surface area contributed by atoms with E-state index in [1.165, 1.54) is 32.4 Å². The van der Waals surface area contributed by atoms with Gasteiger partial charge in [-0.3, -0.25) is 0 Å². The molecule has 5 heteroatoms. The molecule has 0 bridgehead atoms. The highest BCUT2D eigenvalue weighted by atomic mass is 15.1. The summed E-state index contributed by atoms with van der Waals surface area (Å²) in [7, 11) is 2.20. The number of nitrogens with two attached hydrogens (primary N) is 1. The first-order chi connectivity index (χ1) is 9.70. The Kier molecular flexibility index (Phi) is 3.78. The van der Waals surface area contributed by atoms with E-state index in [1.807, 2.05) is 18.2 Å². The van der Waals surface area contributed by atoms with Crippen LogP contribution in [0, 0.1) is 5.92 Å². The molecule has 2 aromatic rings. The molecule has 20 heavy (non-hydrogen) atoms. The Hall–Kier alpha value is -1.75. The molecule has 1 aliphatic rings. The number of piperidine rings is 1. The van der Waals surface area contributed by atoms with Crippen LogP contribution >= 0.6 is 0 Å². The van der Waals surface area contributed by atoms with Crippen molar-refractivity contribution < 1.29 is 0 Å². The molecule has 1 fully saturated rings. The lowest BCUT2D eigenvalue weighted by Crippen LogP contribution is -2.30. The van der Waals surface area contributed by atoms with Gasteiger partial charge in [0.15, 0.2) is 0 Å². The van der Waals surface area contributed by atoms with Crippen molar-refractivity contribution in [3.05, 3.63) is 18.2 Å². The topological polar surface area (TPSA) is 70.0 Å². The Morgan fingerprint density at radius 3 is 3.00 bits per heavy atom. The zero-order valence-corrected chi connectivity index (χ0v) is 12.0. The minimum Gasteiger partial charge on any atom is -0.399 e. The SMILES string of the molecule is CN1CCC(CCNc2nc3ccc(N)cc3[nH]2)CC1. The summed E-state index contributed by atoms with van der Waals surface area (Å²) in [5.74, 6) is 1.69. The highest BCUT2D eigenvalue weighted by molar-refractivity contribution is 5.80. The van der Waals surface area contributed by atoms with Crippen LogP contribution in [0.15, 0.2) is 18.2 Å². The number of nitrogens with zero attached hydrogens (tertiary/aromatic N) is 2. The summed E-state index contributed by atoms with van der Waals surface area (Å²) in [4.78, 5) is 10.2. The molecule has 108 valence electrons. The summed E-state index contributed by atoms with van der Waals surface area (Å²) in [5, 5.41) is 3.39. The van der Waals surface area contributed by atoms with E-state index >= 15 is 0 Å². The van der Waals surface area contributed by atoms with E-state index in [1.54, 1.807) is 0 Å². The van der Waals surface area contributed by atoms with E-state index in [0.717, 1.165) is 35.1 Å². The molecule has 0 spiro atoms. The minimum absolute atomic E-state index is 0.763. The smallest absolute Gasteiger partial charge is 0.201 e. The van der Waals surface area contributed by atoms with E-state index in [4.69, 9.17) is 5.73 Å². The van der Waals surface area contributed by atoms with Crippen molar-refractivity contribution in [2.45, 2.75) is 19.3 Å². The number of imidazole rings is 1. The molecule has 3 rings (SSSR count). The summed E-state index contributed by atoms with van der Waals surface area (Å²) in [6, 6.07) is 5.75. The van der Waals surface area contributed by atoms with Gasteiger partial charge < -0.3 is 20.9 Å². The second-order valence-electron chi connectivity index (χ2n) is 5.82. The third kappa shape index (κ3) is 3.04. The van der Waals surface area contributed by atoms with Crippen LogP contribution in [0.5, 0.6) is 0 Å². The maximum Gasteiger partial charge on any atom is 0.201 e. The van der Waals surface area contributed by atoms with Crippen LogP contribution in [0.25, 0.3) is 11.0 Å². The molecule has 5 nitrogen and oxygen atoms in total. The predicted molar refractivity (Wildman–Crippen MR) is 83.8 cm³/mol. The quantitative estimate of drug-likeness (QED) is 0.748. The zero-order valence-electron chi connectivity index (χ0n) is 12.0. The molecular formula is C15H23N5. The third-order valence-electron chi connectivity index (χ3n) is 4.19. The van der Waals surface area contributed by atoms with Gasteiger partial charge in [-0.2, -0.15) is 0 Å². The molecule has 1 aliphatic heterocycles. The number of nitrogens with one attached hydrogen (secondary N) is 2. The van der Waals surface area contributed by atoms with E-state index < -0.39 is 0 Å². The van der Waals surface area contributed by atoms with E-state index in [2.05, 4.69) is 27.2 Å². The molecule has 1 aromatic carbocycles. The van der Waals surface area contributed by atoms with Gasteiger partial charge in [0, 0.05) is 12.2 Å². The van der Waals surface area contributed by atoms with E-state index in [9.17, 15) is 0 Å². The number of aromatic amines is 1. The maximum absolute atomic E-state index is 5.77. The Balaban J connectivity index is 1.52. The number of rotatable bonds is 4. The molecule has 1 aromatic heterocycles. The van der Waals surface area contributed by atoms with Crippen molar-refractivity contribution in [3.63, 3.8) is 0 Å². The highest BCUT2D eigenvalue weighted by Gasteiger charge is 2.16. The number of hydrogen-bond acceptors (Lipinski definition) is 4. The summed E-state index contributed by atoms with van der Waals surface area (Å²) < 4.78 is 0. The maximum atomic E-state index is 5.77. The number of fused-ring (bicyclic) bond motifs is 1. The Bertz CT molecular complexity index is 569. The van der Waals surface area contributed by atoms with Crippen LogP contribution in [0.1, 0.15) is 19.3 Å². The fourth-order valence-electron chi connectivity index (χ4n) is 2.86. The number of H-pyrrole nitrogens is 1. The van der Waals surface area contributed by atoms with Gasteiger partial charge in [0.1, 0.15) is 0 Å². The lowest BCUT2D eigenvalue weighted by Gasteiger charge is -2.28. The van der Waals surface area contributed by atoms with Crippen LogP contribution in [0.3, 0.4) is 0 Å². The lowest BCUT2D eigenvalue weighted by atomic mass is 9.94. The fraction of sp³-hybridized carbons (Fsp3) is 0.533. The van der Waals surface area contributed by atoms with E-state index in [-0.39, 0.29) is 0 Å². The van der Waals surface area contributed by atoms with Crippen LogP contribution in [-0.4, -0.2) is 41.5 Å². The van der Waals surface area contributed by atoms with Gasteiger partial charge in [0.25, 0.3) is 0 Å². The summed E-state index contributed by atoms with van der Waals surface area (Å²) >= 11 is 0. The molecule has 0 saturated carbocycles. The van der Waals surface area contributed by atoms with E-state index in [0.29, 0.717) is 0 Å². The largest absolute Gasteiger partial charge is 0.399 e. The van der Waals surface area contributed by atoms with Gasteiger partial charge in [-0.25, -0.2) is 4.98 Å². The molecule has 2 heterocycles. The van der Waals surface area contributed by atoms with Crippen LogP contribution < -0.4 is 11.1 Å². The normalized spacial score (nSPS) is 17.6. The Morgan fingerprint density at radius 2 is 2.20 bits per heavy atom. The van der Waals surface area contributed by atoms with Crippen LogP contribution in [-0.2, 0) is 0 Å². The van der Waals surface area contributed by atoms with Crippen molar-refractivity contribution in [2.75, 3.05) is 37.7 Å². The molecule has 1 saturated heterocycles. The molecule has 0 radical (unpaired) electrons. The van der Waals surface area contributed by atoms with Crippen molar-refractivity contribution in [1.82, 2.24) is 14.9 Å². The third-order valence-corrected chi connectivity index (χ3v) is 4.19. The summed E-state index contributed by atoms with van der Waals surface area (Å²) in [6.07, 6.45) is 3.84. The first-order valence-corrected chi connectivity index (χ1v) is 7.38. The second kappa shape index (κ2) is 5.71. The van der Waals surface area contributed by atoms with Gasteiger partial charge in [-0.05, 0) is 63.5 Å². The van der Waals surface area contributed by atoms with Crippen molar-refractivity contribution in [2.24, 2.45) is 5.92 Å². The highest BCUT2D eigenvalue weighted by Crippen LogP contribution is 2.20. The number of aromatic nitrogens is 2. The second-order valence-corrected chi connectivity index (χ2v) is 5.82. The Labute approximate surface area is 119 Å². The lowest BCUT2D eigenvalue weighted by molar-refractivity contribution is 0.215. The summed E-state index contributed by atoms with van der Waals surface area (Å²) in [6.45, 7) is 3.44. The molecule has 0 atom stereocenters. The van der Waals surface area contributed by atoms with Gasteiger partial charge in [0.2, 0.25) is 5.95 Å². The molecular weight excluding hydrogens is 250 g/mol. The van der Waals surface area contributed by atoms with Gasteiger partial charge >= 0.3 is 0 Å². The predicted octanol–water partition coefficient (Wildman–Crippen LogP) is 2.29. The number of hydrogen-bond donors (Lipinski definition) is 3. The van der Waals surface area contributed by atoms with Gasteiger partial charge in [-0.15, -0.1) is 0 Å². The summed E-state index contributed by atoms with van der Waals surface area (Å²) in [5.41, 5.74) is 8.48. The van der Waals surface area contributed by atoms with Gasteiger partial charge in [0.05, 0.1) is 11.0 Å². The molecule has 4 N–H and O–H groups in total. The number of nitrogen functional groups attached to an aromatic ring is 1. The van der Waals surface area contributed by atoms with Crippen molar-refractivity contribution in [1.29, 1.82) is 0 Å². The zero-order chi connectivity index (χ0) is 13.9. The monoisotopic (exact) mass is 273 g/mol. The number of likely N-dealkylation sites (tertiary alicyclic amines) is 1. The average Bonchev–Trinajstić information content (AvgIpc) is 2.83.